The summed E-state index contributed by atoms with van der Waals surface area (Å²) in [4.78, 5) is 27.3. The zero-order chi connectivity index (χ0) is 25.5. The van der Waals surface area contributed by atoms with Gasteiger partial charge in [-0.3, -0.25) is 14.5 Å². The number of hydrogen-bond acceptors (Lipinski definition) is 4. The normalized spacial score (nSPS) is 18.3. The highest BCUT2D eigenvalue weighted by Gasteiger charge is 2.30. The van der Waals surface area contributed by atoms with Crippen LogP contribution in [0, 0.1) is 5.82 Å². The highest BCUT2D eigenvalue weighted by molar-refractivity contribution is 5.95. The van der Waals surface area contributed by atoms with Crippen molar-refractivity contribution in [3.05, 3.63) is 89.7 Å². The lowest BCUT2D eigenvalue weighted by Gasteiger charge is -2.31. The lowest BCUT2D eigenvalue weighted by molar-refractivity contribution is -0.120. The van der Waals surface area contributed by atoms with E-state index in [1.165, 1.54) is 12.1 Å². The van der Waals surface area contributed by atoms with Crippen LogP contribution < -0.4 is 10.6 Å². The van der Waals surface area contributed by atoms with Crippen LogP contribution in [0.5, 0.6) is 0 Å². The molecular formula is C29H32FN3O3. The van der Waals surface area contributed by atoms with Crippen molar-refractivity contribution >= 4 is 17.5 Å². The first-order chi connectivity index (χ1) is 17.4. The van der Waals surface area contributed by atoms with E-state index in [1.807, 2.05) is 36.4 Å². The molecule has 2 amide bonds. The van der Waals surface area contributed by atoms with Gasteiger partial charge in [-0.2, -0.15) is 0 Å². The van der Waals surface area contributed by atoms with Gasteiger partial charge in [0.05, 0.1) is 12.6 Å². The van der Waals surface area contributed by atoms with Gasteiger partial charge in [0.1, 0.15) is 12.0 Å². The Kier molecular flexibility index (Phi) is 8.46. The van der Waals surface area contributed by atoms with E-state index in [1.54, 1.807) is 29.2 Å². The Balaban J connectivity index is 1.37. The molecule has 0 saturated carbocycles. The Morgan fingerprint density at radius 1 is 1.00 bits per heavy atom. The summed E-state index contributed by atoms with van der Waals surface area (Å²) in [5.74, 6) is -0.785. The number of carbonyl (C=O) groups excluding carboxylic acids is 2. The third kappa shape index (κ3) is 6.56. The minimum Gasteiger partial charge on any atom is -0.376 e. The summed E-state index contributed by atoms with van der Waals surface area (Å²) >= 11 is 0. The van der Waals surface area contributed by atoms with Crippen LogP contribution in [0.1, 0.15) is 42.1 Å². The molecule has 3 aromatic carbocycles. The molecule has 0 spiro atoms. The molecule has 2 atom stereocenters. The fourth-order valence-corrected chi connectivity index (χ4v) is 4.50. The van der Waals surface area contributed by atoms with Gasteiger partial charge in [0.2, 0.25) is 5.91 Å². The number of aliphatic hydroxyl groups is 1. The number of anilines is 1. The molecule has 7 heteroatoms. The summed E-state index contributed by atoms with van der Waals surface area (Å²) < 4.78 is 13.2. The van der Waals surface area contributed by atoms with Gasteiger partial charge in [-0.15, -0.1) is 0 Å². The number of amides is 2. The molecule has 6 nitrogen and oxygen atoms in total. The third-order valence-corrected chi connectivity index (χ3v) is 6.55. The molecule has 0 aromatic heterocycles. The Morgan fingerprint density at radius 3 is 2.39 bits per heavy atom. The van der Waals surface area contributed by atoms with Crippen molar-refractivity contribution < 1.29 is 19.1 Å². The topological polar surface area (TPSA) is 81.7 Å². The minimum absolute atomic E-state index is 0.0380. The van der Waals surface area contributed by atoms with E-state index in [-0.39, 0.29) is 24.2 Å². The van der Waals surface area contributed by atoms with Gasteiger partial charge in [-0.1, -0.05) is 43.3 Å². The van der Waals surface area contributed by atoms with Gasteiger partial charge in [-0.25, -0.2) is 4.39 Å². The van der Waals surface area contributed by atoms with Crippen LogP contribution in [-0.4, -0.2) is 47.2 Å². The van der Waals surface area contributed by atoms with Gasteiger partial charge >= 0.3 is 0 Å². The Morgan fingerprint density at radius 2 is 1.69 bits per heavy atom. The lowest BCUT2D eigenvalue weighted by atomic mass is 10.0. The average Bonchev–Trinajstić information content (AvgIpc) is 3.05. The van der Waals surface area contributed by atoms with Crippen LogP contribution in [0.15, 0.2) is 72.8 Å². The molecule has 1 aliphatic heterocycles. The summed E-state index contributed by atoms with van der Waals surface area (Å²) in [6, 6.07) is 20.5. The number of nitrogens with one attached hydrogen (secondary N) is 2. The minimum atomic E-state index is -0.970. The van der Waals surface area contributed by atoms with Gasteiger partial charge in [0, 0.05) is 17.8 Å². The molecule has 188 valence electrons. The third-order valence-electron chi connectivity index (χ3n) is 6.55. The lowest BCUT2D eigenvalue weighted by Crippen LogP contribution is -2.52. The van der Waals surface area contributed by atoms with E-state index in [2.05, 4.69) is 17.6 Å². The second-order valence-electron chi connectivity index (χ2n) is 9.15. The summed E-state index contributed by atoms with van der Waals surface area (Å²) in [6.07, 6.45) is 2.20. The van der Waals surface area contributed by atoms with Gasteiger partial charge in [-0.05, 0) is 78.8 Å². The largest absolute Gasteiger partial charge is 0.376 e. The number of aliphatic hydroxyl groups excluding tert-OH is 1. The zero-order valence-electron chi connectivity index (χ0n) is 20.4. The van der Waals surface area contributed by atoms with Crippen molar-refractivity contribution in [2.45, 2.75) is 44.9 Å². The van der Waals surface area contributed by atoms with Crippen molar-refractivity contribution in [1.29, 1.82) is 0 Å². The first-order valence-corrected chi connectivity index (χ1v) is 12.4. The number of benzene rings is 3. The smallest absolute Gasteiger partial charge is 0.251 e. The summed E-state index contributed by atoms with van der Waals surface area (Å²) in [7, 11) is 0. The second-order valence-corrected chi connectivity index (χ2v) is 9.15. The predicted molar refractivity (Wildman–Crippen MR) is 139 cm³/mol. The molecule has 3 N–H and O–H groups in total. The number of likely N-dealkylation sites (tertiary alicyclic amines) is 1. The molecule has 0 radical (unpaired) electrons. The molecular weight excluding hydrogens is 457 g/mol. The molecule has 3 aromatic rings. The van der Waals surface area contributed by atoms with Crippen LogP contribution in [0.25, 0.3) is 11.1 Å². The first-order valence-electron chi connectivity index (χ1n) is 12.4. The monoisotopic (exact) mass is 489 g/mol. The predicted octanol–water partition coefficient (Wildman–Crippen LogP) is 4.60. The van der Waals surface area contributed by atoms with Crippen molar-refractivity contribution in [3.63, 3.8) is 0 Å². The van der Waals surface area contributed by atoms with Crippen molar-refractivity contribution in [3.8, 4) is 11.1 Å². The average molecular weight is 490 g/mol. The first kappa shape index (κ1) is 25.5. The molecule has 2 unspecified atom stereocenters. The molecule has 0 aliphatic carbocycles. The Labute approximate surface area is 211 Å². The van der Waals surface area contributed by atoms with Crippen molar-refractivity contribution in [2.24, 2.45) is 0 Å². The molecule has 1 fully saturated rings. The molecule has 1 aliphatic rings. The van der Waals surface area contributed by atoms with Crippen LogP contribution >= 0.6 is 0 Å². The number of rotatable bonds is 7. The van der Waals surface area contributed by atoms with E-state index in [9.17, 15) is 19.1 Å². The van der Waals surface area contributed by atoms with Crippen LogP contribution in [0.2, 0.25) is 0 Å². The molecule has 4 rings (SSSR count). The number of halogens is 1. The van der Waals surface area contributed by atoms with E-state index in [0.29, 0.717) is 18.5 Å². The number of nitrogens with zero attached hydrogens (tertiary/aromatic N) is 1. The highest BCUT2D eigenvalue weighted by Crippen LogP contribution is 2.21. The maximum Gasteiger partial charge on any atom is 0.251 e. The molecule has 36 heavy (non-hydrogen) atoms. The standard InChI is InChI=1S/C29H32FN3O3/c1-2-20-6-5-7-25(18-20)31-27(34)19-33-17-4-3-8-26(29(33)36)32-28(35)23-11-9-21(10-12-23)22-13-15-24(30)16-14-22/h5-7,9-16,18,26,29,36H,2-4,8,17,19H2,1H3,(H,31,34)(H,32,35). The summed E-state index contributed by atoms with van der Waals surface area (Å²) in [5.41, 5.74) is 4.08. The fourth-order valence-electron chi connectivity index (χ4n) is 4.50. The van der Waals surface area contributed by atoms with Gasteiger partial charge in [0.15, 0.2) is 0 Å². The second kappa shape index (κ2) is 11.9. The summed E-state index contributed by atoms with van der Waals surface area (Å²) in [5, 5.41) is 16.9. The Hall–Kier alpha value is -3.55. The van der Waals surface area contributed by atoms with E-state index >= 15 is 0 Å². The summed E-state index contributed by atoms with van der Waals surface area (Å²) in [6.45, 7) is 2.67. The van der Waals surface area contributed by atoms with Gasteiger partial charge in [0.25, 0.3) is 5.91 Å². The van der Waals surface area contributed by atoms with Crippen molar-refractivity contribution in [1.82, 2.24) is 10.2 Å². The Bertz CT molecular complexity index is 1180. The SMILES string of the molecule is CCc1cccc(NC(=O)CN2CCCCC(NC(=O)c3ccc(-c4ccc(F)cc4)cc3)C2O)c1. The quantitative estimate of drug-likeness (QED) is 0.453. The van der Waals surface area contributed by atoms with E-state index in [0.717, 1.165) is 41.6 Å². The van der Waals surface area contributed by atoms with Crippen molar-refractivity contribution in [2.75, 3.05) is 18.4 Å². The van der Waals surface area contributed by atoms with Crippen LogP contribution in [0.3, 0.4) is 0 Å². The van der Waals surface area contributed by atoms with Crippen LogP contribution in [-0.2, 0) is 11.2 Å². The fraction of sp³-hybridized carbons (Fsp3) is 0.310. The van der Waals surface area contributed by atoms with E-state index < -0.39 is 12.3 Å². The van der Waals surface area contributed by atoms with E-state index in [4.69, 9.17) is 0 Å². The van der Waals surface area contributed by atoms with Gasteiger partial charge < -0.3 is 15.7 Å². The molecule has 1 heterocycles. The maximum atomic E-state index is 13.2. The maximum absolute atomic E-state index is 13.2. The molecule has 1 saturated heterocycles. The highest BCUT2D eigenvalue weighted by atomic mass is 19.1. The number of hydrogen-bond donors (Lipinski definition) is 3. The number of aryl methyl sites for hydroxylation is 1. The zero-order valence-corrected chi connectivity index (χ0v) is 20.4. The van der Waals surface area contributed by atoms with Crippen LogP contribution in [0.4, 0.5) is 10.1 Å². The number of carbonyl (C=O) groups is 2. The molecule has 0 bridgehead atoms.